The number of epoxide rings is 1. The van der Waals surface area contributed by atoms with E-state index in [4.69, 9.17) is 4.74 Å². The van der Waals surface area contributed by atoms with Crippen LogP contribution in [-0.2, 0) is 4.74 Å². The van der Waals surface area contributed by atoms with Crippen molar-refractivity contribution in [1.29, 1.82) is 0 Å². The third kappa shape index (κ3) is 11.4. The summed E-state index contributed by atoms with van der Waals surface area (Å²) in [5, 5.41) is 0. The molecule has 2 heteroatoms. The van der Waals surface area contributed by atoms with E-state index < -0.39 is 0 Å². The molecule has 0 amide bonds. The van der Waals surface area contributed by atoms with Crippen molar-refractivity contribution < 1.29 is 35.7 Å². The Kier molecular flexibility index (Phi) is 13.2. The minimum absolute atomic E-state index is 0. The molecule has 0 N–H and O–H groups in total. The van der Waals surface area contributed by atoms with Gasteiger partial charge in [0.15, 0.2) is 0 Å². The summed E-state index contributed by atoms with van der Waals surface area (Å²) in [5.41, 5.74) is 0. The summed E-state index contributed by atoms with van der Waals surface area (Å²) < 4.78 is 5.19. The second kappa shape index (κ2) is 12.4. The molecule has 0 spiro atoms. The predicted octanol–water partition coefficient (Wildman–Crippen LogP) is 1.81. The minimum atomic E-state index is 0. The van der Waals surface area contributed by atoms with E-state index in [-0.39, 0.29) is 31.0 Å². The molecule has 1 aliphatic rings. The largest absolute Gasteiger partial charge is 1.00 e. The summed E-state index contributed by atoms with van der Waals surface area (Å²) in [6.07, 6.45) is 16.3. The molecule has 1 unspecified atom stereocenters. The van der Waals surface area contributed by atoms with Gasteiger partial charge in [-0.1, -0.05) is 71.1 Å². The van der Waals surface area contributed by atoms with E-state index in [1.165, 1.54) is 70.6 Å². The van der Waals surface area contributed by atoms with E-state index in [0.717, 1.165) is 6.61 Å². The molecule has 0 aromatic heterocycles. The van der Waals surface area contributed by atoms with Gasteiger partial charge in [-0.3, -0.25) is 0 Å². The molecule has 0 aromatic rings. The molecule has 0 aliphatic carbocycles. The van der Waals surface area contributed by atoms with Crippen molar-refractivity contribution in [1.82, 2.24) is 0 Å². The maximum Gasteiger partial charge on any atom is 1.00 e. The zero-order valence-corrected chi connectivity index (χ0v) is 13.5. The van der Waals surface area contributed by atoms with Crippen LogP contribution in [0, 0.1) is 0 Å². The van der Waals surface area contributed by atoms with Crippen molar-refractivity contribution in [2.45, 2.75) is 83.7 Å². The first kappa shape index (κ1) is 17.0. The first-order valence-corrected chi connectivity index (χ1v) is 7.05. The third-order valence-corrected chi connectivity index (χ3v) is 3.28. The molecule has 16 heavy (non-hydrogen) atoms. The van der Waals surface area contributed by atoms with Gasteiger partial charge < -0.3 is 6.16 Å². The van der Waals surface area contributed by atoms with Gasteiger partial charge in [-0.15, -0.1) is 0 Å². The second-order valence-corrected chi connectivity index (χ2v) is 4.93. The molecule has 0 radical (unpaired) electrons. The zero-order chi connectivity index (χ0) is 10.8. The van der Waals surface area contributed by atoms with Crippen molar-refractivity contribution in [3.05, 3.63) is 0 Å². The summed E-state index contributed by atoms with van der Waals surface area (Å²) >= 11 is 0. The molecule has 1 atom stereocenters. The van der Waals surface area contributed by atoms with Gasteiger partial charge in [0.25, 0.3) is 0 Å². The van der Waals surface area contributed by atoms with Crippen LogP contribution in [0.25, 0.3) is 0 Å². The zero-order valence-electron chi connectivity index (χ0n) is 12.5. The molecular formula is C14H29NaO. The molecule has 1 nitrogen and oxygen atoms in total. The van der Waals surface area contributed by atoms with Crippen LogP contribution in [0.5, 0.6) is 0 Å². The summed E-state index contributed by atoms with van der Waals surface area (Å²) in [7, 11) is 0. The Balaban J connectivity index is 0. The quantitative estimate of drug-likeness (QED) is 0.303. The van der Waals surface area contributed by atoms with Gasteiger partial charge in [0.2, 0.25) is 0 Å². The molecule has 0 bridgehead atoms. The van der Waals surface area contributed by atoms with Gasteiger partial charge in [-0.05, 0) is 6.42 Å². The Bertz CT molecular complexity index is 140. The number of hydrogen-bond donors (Lipinski definition) is 0. The Morgan fingerprint density at radius 1 is 0.875 bits per heavy atom. The number of hydrogen-bond acceptors (Lipinski definition) is 1. The predicted molar refractivity (Wildman–Crippen MR) is 67.3 cm³/mol. The van der Waals surface area contributed by atoms with Crippen LogP contribution >= 0.6 is 0 Å². The molecule has 1 aliphatic heterocycles. The van der Waals surface area contributed by atoms with Crippen LogP contribution in [0.3, 0.4) is 0 Å². The Morgan fingerprint density at radius 3 is 1.75 bits per heavy atom. The van der Waals surface area contributed by atoms with Gasteiger partial charge in [-0.2, -0.15) is 0 Å². The van der Waals surface area contributed by atoms with Crippen molar-refractivity contribution in [2.75, 3.05) is 6.61 Å². The van der Waals surface area contributed by atoms with Crippen LogP contribution in [-0.4, -0.2) is 12.7 Å². The van der Waals surface area contributed by atoms with E-state index in [9.17, 15) is 0 Å². The summed E-state index contributed by atoms with van der Waals surface area (Å²) in [6, 6.07) is 0. The van der Waals surface area contributed by atoms with Crippen molar-refractivity contribution in [3.63, 3.8) is 0 Å². The maximum absolute atomic E-state index is 5.19. The second-order valence-electron chi connectivity index (χ2n) is 4.93. The summed E-state index contributed by atoms with van der Waals surface area (Å²) in [4.78, 5) is 0. The number of ether oxygens (including phenoxy) is 1. The van der Waals surface area contributed by atoms with E-state index in [2.05, 4.69) is 6.92 Å². The standard InChI is InChI=1S/C14H28O.Na.H/c1-2-3-4-5-6-7-8-9-10-11-12-14-13-15-14;;/h14H,2-13H2,1H3;;/q;+1;-1. The topological polar surface area (TPSA) is 12.5 Å². The molecule has 0 aromatic carbocycles. The minimum Gasteiger partial charge on any atom is -1.00 e. The van der Waals surface area contributed by atoms with Gasteiger partial charge in [0, 0.05) is 0 Å². The molecule has 1 rings (SSSR count). The first-order chi connectivity index (χ1) is 7.43. The van der Waals surface area contributed by atoms with E-state index >= 15 is 0 Å². The molecule has 0 saturated carbocycles. The third-order valence-electron chi connectivity index (χ3n) is 3.28. The number of unbranched alkanes of at least 4 members (excludes halogenated alkanes) is 9. The van der Waals surface area contributed by atoms with Crippen LogP contribution in [0.1, 0.15) is 79.0 Å². The van der Waals surface area contributed by atoms with Gasteiger partial charge in [0.1, 0.15) is 0 Å². The normalized spacial score (nSPS) is 18.2. The first-order valence-electron chi connectivity index (χ1n) is 7.05. The SMILES string of the molecule is CCCCCCCCCCCCC1CO1.[H-].[Na+]. The monoisotopic (exact) mass is 236 g/mol. The van der Waals surface area contributed by atoms with Crippen LogP contribution < -0.4 is 29.6 Å². The molecule has 1 fully saturated rings. The Labute approximate surface area is 125 Å². The van der Waals surface area contributed by atoms with Gasteiger partial charge in [-0.25, -0.2) is 0 Å². The van der Waals surface area contributed by atoms with E-state index in [1.54, 1.807) is 0 Å². The fraction of sp³-hybridized carbons (Fsp3) is 1.00. The fourth-order valence-electron chi connectivity index (χ4n) is 2.09. The average Bonchev–Trinajstić information content (AvgIpc) is 3.05. The van der Waals surface area contributed by atoms with Crippen LogP contribution in [0.2, 0.25) is 0 Å². The molecule has 1 heterocycles. The maximum atomic E-state index is 5.19. The average molecular weight is 236 g/mol. The van der Waals surface area contributed by atoms with Crippen molar-refractivity contribution in [3.8, 4) is 0 Å². The molecule has 92 valence electrons. The van der Waals surface area contributed by atoms with E-state index in [0.29, 0.717) is 6.10 Å². The Morgan fingerprint density at radius 2 is 1.31 bits per heavy atom. The van der Waals surface area contributed by atoms with Gasteiger partial charge in [0.05, 0.1) is 12.7 Å². The van der Waals surface area contributed by atoms with Gasteiger partial charge >= 0.3 is 29.6 Å². The van der Waals surface area contributed by atoms with Crippen molar-refractivity contribution in [2.24, 2.45) is 0 Å². The van der Waals surface area contributed by atoms with Crippen molar-refractivity contribution >= 4 is 0 Å². The smallest absolute Gasteiger partial charge is 1.00 e. The number of rotatable bonds is 11. The molecular weight excluding hydrogens is 207 g/mol. The fourth-order valence-corrected chi connectivity index (χ4v) is 2.09. The van der Waals surface area contributed by atoms with E-state index in [1.807, 2.05) is 0 Å². The molecule has 1 saturated heterocycles. The summed E-state index contributed by atoms with van der Waals surface area (Å²) in [5.74, 6) is 0. The van der Waals surface area contributed by atoms with Crippen LogP contribution in [0.15, 0.2) is 0 Å². The van der Waals surface area contributed by atoms with Crippen LogP contribution in [0.4, 0.5) is 0 Å². The summed E-state index contributed by atoms with van der Waals surface area (Å²) in [6.45, 7) is 3.32. The Hall–Kier alpha value is 0.960.